The highest BCUT2D eigenvalue weighted by molar-refractivity contribution is 6.30. The number of nitrogens with one attached hydrogen (secondary N) is 1. The van der Waals surface area contributed by atoms with Crippen LogP contribution in [0.4, 0.5) is 4.39 Å². The fourth-order valence-corrected chi connectivity index (χ4v) is 4.22. The van der Waals surface area contributed by atoms with Crippen LogP contribution in [-0.4, -0.2) is 51.6 Å². The summed E-state index contributed by atoms with van der Waals surface area (Å²) < 4.78 is 15.0. The number of fused-ring (bicyclic) bond motifs is 1. The summed E-state index contributed by atoms with van der Waals surface area (Å²) in [6.07, 6.45) is 2.42. The van der Waals surface area contributed by atoms with Gasteiger partial charge in [0.05, 0.1) is 11.4 Å². The number of carbonyl (C=O) groups is 1. The van der Waals surface area contributed by atoms with Gasteiger partial charge >= 0.3 is 0 Å². The molecule has 0 atom stereocenters. The lowest BCUT2D eigenvalue weighted by atomic mass is 10.1. The highest BCUT2D eigenvalue weighted by atomic mass is 35.5. The molecule has 1 amide bonds. The molecule has 168 valence electrons. The van der Waals surface area contributed by atoms with Gasteiger partial charge in [0.25, 0.3) is 5.91 Å². The summed E-state index contributed by atoms with van der Waals surface area (Å²) in [5, 5.41) is 8.30. The second-order valence-electron chi connectivity index (χ2n) is 8.14. The zero-order valence-electron chi connectivity index (χ0n) is 18.0. The number of amides is 1. The van der Waals surface area contributed by atoms with E-state index in [0.717, 1.165) is 30.8 Å². The maximum absolute atomic E-state index is 13.4. The number of benzene rings is 2. The van der Waals surface area contributed by atoms with Crippen LogP contribution < -0.4 is 5.32 Å². The van der Waals surface area contributed by atoms with Crippen molar-refractivity contribution in [1.29, 1.82) is 0 Å². The third-order valence-corrected chi connectivity index (χ3v) is 6.10. The molecule has 0 saturated carbocycles. The average Bonchev–Trinajstić information content (AvgIpc) is 3.49. The third kappa shape index (κ3) is 4.74. The molecule has 4 aromatic rings. The van der Waals surface area contributed by atoms with Gasteiger partial charge in [-0.15, -0.1) is 0 Å². The third-order valence-electron chi connectivity index (χ3n) is 5.85. The zero-order chi connectivity index (χ0) is 22.8. The molecule has 6 nitrogen and oxygen atoms in total. The summed E-state index contributed by atoms with van der Waals surface area (Å²) in [5.74, 6) is -0.551. The molecule has 5 rings (SSSR count). The molecule has 0 radical (unpaired) electrons. The Morgan fingerprint density at radius 1 is 0.970 bits per heavy atom. The monoisotopic (exact) mass is 463 g/mol. The van der Waals surface area contributed by atoms with Gasteiger partial charge in [0.2, 0.25) is 0 Å². The SMILES string of the molecule is O=C(NCCN1CCCC1)c1cc(-c2ccc(F)cc2)nc2cc(-c3ccc(Cl)cc3)nn12. The Labute approximate surface area is 196 Å². The summed E-state index contributed by atoms with van der Waals surface area (Å²) in [6.45, 7) is 3.53. The van der Waals surface area contributed by atoms with Crippen LogP contribution in [0.1, 0.15) is 23.3 Å². The molecule has 1 aliphatic rings. The van der Waals surface area contributed by atoms with Crippen molar-refractivity contribution < 1.29 is 9.18 Å². The van der Waals surface area contributed by atoms with Crippen LogP contribution in [-0.2, 0) is 0 Å². The van der Waals surface area contributed by atoms with Crippen LogP contribution in [0.25, 0.3) is 28.2 Å². The van der Waals surface area contributed by atoms with E-state index in [1.165, 1.54) is 25.0 Å². The van der Waals surface area contributed by atoms with Crippen molar-refractivity contribution in [2.75, 3.05) is 26.2 Å². The lowest BCUT2D eigenvalue weighted by Crippen LogP contribution is -2.34. The van der Waals surface area contributed by atoms with Gasteiger partial charge in [0.15, 0.2) is 5.65 Å². The van der Waals surface area contributed by atoms with Crippen molar-refractivity contribution in [3.8, 4) is 22.5 Å². The summed E-state index contributed by atoms with van der Waals surface area (Å²) in [6, 6.07) is 16.9. The molecule has 1 fully saturated rings. The summed E-state index contributed by atoms with van der Waals surface area (Å²) in [4.78, 5) is 20.2. The number of halogens is 2. The minimum atomic E-state index is -0.325. The first-order valence-corrected chi connectivity index (χ1v) is 11.4. The molecule has 1 aliphatic heterocycles. The van der Waals surface area contributed by atoms with Gasteiger partial charge in [-0.3, -0.25) is 4.79 Å². The molecule has 33 heavy (non-hydrogen) atoms. The van der Waals surface area contributed by atoms with Crippen molar-refractivity contribution in [3.63, 3.8) is 0 Å². The van der Waals surface area contributed by atoms with Crippen LogP contribution >= 0.6 is 11.6 Å². The van der Waals surface area contributed by atoms with E-state index in [2.05, 4.69) is 20.3 Å². The maximum atomic E-state index is 13.4. The van der Waals surface area contributed by atoms with Crippen LogP contribution in [0.3, 0.4) is 0 Å². The Hall–Kier alpha value is -3.29. The summed E-state index contributed by atoms with van der Waals surface area (Å²) in [7, 11) is 0. The van der Waals surface area contributed by atoms with Crippen molar-refractivity contribution >= 4 is 23.2 Å². The number of hydrogen-bond acceptors (Lipinski definition) is 4. The predicted molar refractivity (Wildman–Crippen MR) is 127 cm³/mol. The lowest BCUT2D eigenvalue weighted by Gasteiger charge is -2.15. The van der Waals surface area contributed by atoms with Crippen LogP contribution in [0.15, 0.2) is 60.7 Å². The van der Waals surface area contributed by atoms with Crippen molar-refractivity contribution in [2.24, 2.45) is 0 Å². The summed E-state index contributed by atoms with van der Waals surface area (Å²) >= 11 is 6.02. The Bertz CT molecular complexity index is 1280. The zero-order valence-corrected chi connectivity index (χ0v) is 18.7. The fourth-order valence-electron chi connectivity index (χ4n) is 4.09. The number of likely N-dealkylation sites (tertiary alicyclic amines) is 1. The summed E-state index contributed by atoms with van der Waals surface area (Å²) in [5.41, 5.74) is 3.76. The van der Waals surface area contributed by atoms with Crippen LogP contribution in [0, 0.1) is 5.82 Å². The van der Waals surface area contributed by atoms with E-state index in [0.29, 0.717) is 34.3 Å². The molecule has 1 saturated heterocycles. The minimum Gasteiger partial charge on any atom is -0.349 e. The Morgan fingerprint density at radius 2 is 1.64 bits per heavy atom. The molecule has 2 aromatic carbocycles. The number of nitrogens with zero attached hydrogens (tertiary/aromatic N) is 4. The van der Waals surface area contributed by atoms with Gasteiger partial charge in [-0.05, 0) is 68.4 Å². The van der Waals surface area contributed by atoms with Crippen molar-refractivity contribution in [3.05, 3.63) is 77.2 Å². The first-order valence-electron chi connectivity index (χ1n) is 11.0. The Balaban J connectivity index is 1.51. The fraction of sp³-hybridized carbons (Fsp3) is 0.240. The van der Waals surface area contributed by atoms with E-state index < -0.39 is 0 Å². The quantitative estimate of drug-likeness (QED) is 0.451. The van der Waals surface area contributed by atoms with Crippen molar-refractivity contribution in [2.45, 2.75) is 12.8 Å². The van der Waals surface area contributed by atoms with Crippen molar-refractivity contribution in [1.82, 2.24) is 24.8 Å². The van der Waals surface area contributed by atoms with E-state index in [4.69, 9.17) is 11.6 Å². The predicted octanol–water partition coefficient (Wildman–Crippen LogP) is 4.68. The van der Waals surface area contributed by atoms with E-state index >= 15 is 0 Å². The number of hydrogen-bond donors (Lipinski definition) is 1. The van der Waals surface area contributed by atoms with E-state index in [1.54, 1.807) is 34.8 Å². The molecule has 8 heteroatoms. The molecule has 0 aliphatic carbocycles. The molecule has 1 N–H and O–H groups in total. The molecule has 2 aromatic heterocycles. The average molecular weight is 464 g/mol. The highest BCUT2D eigenvalue weighted by Crippen LogP contribution is 2.25. The number of carbonyl (C=O) groups excluding carboxylic acids is 1. The van der Waals surface area contributed by atoms with Crippen LogP contribution in [0.2, 0.25) is 5.02 Å². The molecule has 3 heterocycles. The standard InChI is InChI=1S/C25H23ClFN5O/c26-19-7-3-18(4-8-19)22-16-24-29-21(17-5-9-20(27)10-6-17)15-23(32(24)30-22)25(33)28-11-14-31-12-1-2-13-31/h3-10,15-16H,1-2,11-14H2,(H,28,33). The molecule has 0 bridgehead atoms. The smallest absolute Gasteiger partial charge is 0.270 e. The van der Waals surface area contributed by atoms with E-state index in [-0.39, 0.29) is 11.7 Å². The topological polar surface area (TPSA) is 62.5 Å². The van der Waals surface area contributed by atoms with E-state index in [9.17, 15) is 9.18 Å². The molecule has 0 spiro atoms. The highest BCUT2D eigenvalue weighted by Gasteiger charge is 2.18. The van der Waals surface area contributed by atoms with Crippen LogP contribution in [0.5, 0.6) is 0 Å². The van der Waals surface area contributed by atoms with Gasteiger partial charge in [0, 0.05) is 35.3 Å². The number of rotatable bonds is 6. The largest absolute Gasteiger partial charge is 0.349 e. The maximum Gasteiger partial charge on any atom is 0.270 e. The Kier molecular flexibility index (Phi) is 6.07. The van der Waals surface area contributed by atoms with Gasteiger partial charge in [-0.25, -0.2) is 13.9 Å². The normalized spacial score (nSPS) is 14.1. The lowest BCUT2D eigenvalue weighted by molar-refractivity contribution is 0.0942. The first-order chi connectivity index (χ1) is 16.1. The second kappa shape index (κ2) is 9.29. The van der Waals surface area contributed by atoms with Gasteiger partial charge < -0.3 is 10.2 Å². The van der Waals surface area contributed by atoms with Gasteiger partial charge in [0.1, 0.15) is 11.5 Å². The minimum absolute atomic E-state index is 0.226. The molecule has 0 unspecified atom stereocenters. The van der Waals surface area contributed by atoms with E-state index in [1.807, 2.05) is 18.2 Å². The second-order valence-corrected chi connectivity index (χ2v) is 8.58. The van der Waals surface area contributed by atoms with Gasteiger partial charge in [-0.1, -0.05) is 23.7 Å². The number of aromatic nitrogens is 3. The molecular weight excluding hydrogens is 441 g/mol. The molecular formula is C25H23ClFN5O. The Morgan fingerprint density at radius 3 is 2.36 bits per heavy atom. The van der Waals surface area contributed by atoms with Gasteiger partial charge in [-0.2, -0.15) is 5.10 Å². The first kappa shape index (κ1) is 21.6.